The number of nitrogens with zero attached hydrogens (tertiary/aromatic N) is 2. The quantitative estimate of drug-likeness (QED) is 0.792. The number of likely N-dealkylation sites (tertiary alicyclic amines) is 2. The molecule has 2 heterocycles. The minimum Gasteiger partial charge on any atom is -0.303 e. The molecule has 1 spiro atoms. The van der Waals surface area contributed by atoms with Crippen LogP contribution in [-0.4, -0.2) is 47.8 Å². The second-order valence-electron chi connectivity index (χ2n) is 7.88. The molecule has 1 aromatic rings. The lowest BCUT2D eigenvalue weighted by molar-refractivity contribution is -0.140. The minimum absolute atomic E-state index is 0.0281. The maximum atomic E-state index is 13.2. The lowest BCUT2D eigenvalue weighted by Crippen LogP contribution is -2.41. The normalized spacial score (nSPS) is 27.1. The molecule has 2 aliphatic heterocycles. The molecule has 0 aromatic heterocycles. The molecule has 4 rings (SSSR count). The number of amides is 2. The van der Waals surface area contributed by atoms with E-state index in [0.29, 0.717) is 13.0 Å². The number of hydrogen-bond donors (Lipinski definition) is 0. The molecule has 25 heavy (non-hydrogen) atoms. The zero-order valence-electron chi connectivity index (χ0n) is 15.0. The van der Waals surface area contributed by atoms with Crippen molar-refractivity contribution in [2.24, 2.45) is 0 Å². The Morgan fingerprint density at radius 3 is 2.60 bits per heavy atom. The molecule has 0 bridgehead atoms. The van der Waals surface area contributed by atoms with Crippen molar-refractivity contribution in [1.82, 2.24) is 9.80 Å². The smallest absolute Gasteiger partial charge is 0.240 e. The molecule has 1 aromatic carbocycles. The van der Waals surface area contributed by atoms with Gasteiger partial charge in [-0.3, -0.25) is 14.5 Å². The van der Waals surface area contributed by atoms with Gasteiger partial charge in [-0.2, -0.15) is 0 Å². The fourth-order valence-electron chi connectivity index (χ4n) is 4.99. The number of fused-ring (bicyclic) bond motifs is 2. The number of aryl methyl sites for hydroxylation is 1. The number of piperidine rings is 1. The summed E-state index contributed by atoms with van der Waals surface area (Å²) in [6, 6.07) is 8.22. The highest BCUT2D eigenvalue weighted by Gasteiger charge is 2.53. The molecule has 3 aliphatic rings. The Morgan fingerprint density at radius 1 is 0.960 bits per heavy atom. The fourth-order valence-corrected chi connectivity index (χ4v) is 4.99. The fraction of sp³-hybridized carbons (Fsp3) is 0.619. The van der Waals surface area contributed by atoms with Gasteiger partial charge in [-0.25, -0.2) is 0 Å². The van der Waals surface area contributed by atoms with Gasteiger partial charge in [0, 0.05) is 13.0 Å². The zero-order valence-corrected chi connectivity index (χ0v) is 15.0. The van der Waals surface area contributed by atoms with E-state index in [0.717, 1.165) is 37.8 Å². The largest absolute Gasteiger partial charge is 0.303 e. The average Bonchev–Trinajstić information content (AvgIpc) is 2.88. The number of rotatable bonds is 4. The Labute approximate surface area is 150 Å². The number of benzene rings is 1. The number of carbonyl (C=O) groups is 2. The molecule has 4 heteroatoms. The summed E-state index contributed by atoms with van der Waals surface area (Å²) in [5, 5.41) is 0. The van der Waals surface area contributed by atoms with Crippen LogP contribution in [0.3, 0.4) is 0 Å². The number of carbonyl (C=O) groups excluding carboxylic acids is 2. The predicted molar refractivity (Wildman–Crippen MR) is 97.3 cm³/mol. The first kappa shape index (κ1) is 16.8. The average molecular weight is 340 g/mol. The van der Waals surface area contributed by atoms with E-state index >= 15 is 0 Å². The van der Waals surface area contributed by atoms with Crippen LogP contribution in [0.4, 0.5) is 0 Å². The van der Waals surface area contributed by atoms with Gasteiger partial charge in [-0.05, 0) is 69.3 Å². The van der Waals surface area contributed by atoms with Gasteiger partial charge in [-0.15, -0.1) is 0 Å². The molecule has 0 saturated carbocycles. The third kappa shape index (κ3) is 3.01. The van der Waals surface area contributed by atoms with Gasteiger partial charge >= 0.3 is 0 Å². The van der Waals surface area contributed by atoms with Gasteiger partial charge in [0.25, 0.3) is 0 Å². The summed E-state index contributed by atoms with van der Waals surface area (Å²) in [6.07, 6.45) is 8.00. The molecule has 0 N–H and O–H groups in total. The van der Waals surface area contributed by atoms with Crippen molar-refractivity contribution >= 4 is 11.8 Å². The monoisotopic (exact) mass is 340 g/mol. The zero-order chi connectivity index (χ0) is 17.3. The summed E-state index contributed by atoms with van der Waals surface area (Å²) in [5.41, 5.74) is 1.79. The molecular formula is C21H28N2O2. The van der Waals surface area contributed by atoms with Gasteiger partial charge < -0.3 is 4.90 Å². The maximum Gasteiger partial charge on any atom is 0.240 e. The first-order valence-electron chi connectivity index (χ1n) is 9.86. The highest BCUT2D eigenvalue weighted by Crippen LogP contribution is 2.45. The van der Waals surface area contributed by atoms with E-state index in [4.69, 9.17) is 0 Å². The van der Waals surface area contributed by atoms with Crippen LogP contribution < -0.4 is 0 Å². The van der Waals surface area contributed by atoms with Gasteiger partial charge in [0.15, 0.2) is 0 Å². The van der Waals surface area contributed by atoms with Crippen molar-refractivity contribution in [2.45, 2.75) is 56.8 Å². The molecule has 2 amide bonds. The molecule has 1 atom stereocenters. The van der Waals surface area contributed by atoms with Gasteiger partial charge in [-0.1, -0.05) is 30.7 Å². The second kappa shape index (κ2) is 6.91. The topological polar surface area (TPSA) is 40.6 Å². The van der Waals surface area contributed by atoms with Crippen LogP contribution in [0.15, 0.2) is 24.3 Å². The Balaban J connectivity index is 1.46. The summed E-state index contributed by atoms with van der Waals surface area (Å²) in [6.45, 7) is 3.91. The highest BCUT2D eigenvalue weighted by atomic mass is 16.2. The molecule has 1 aliphatic carbocycles. The minimum atomic E-state index is -0.572. The first-order chi connectivity index (χ1) is 12.2. The van der Waals surface area contributed by atoms with Crippen LogP contribution in [0.5, 0.6) is 0 Å². The van der Waals surface area contributed by atoms with Gasteiger partial charge in [0.05, 0.1) is 5.41 Å². The van der Waals surface area contributed by atoms with Crippen molar-refractivity contribution in [3.63, 3.8) is 0 Å². The van der Waals surface area contributed by atoms with Crippen LogP contribution in [0.1, 0.15) is 56.1 Å². The van der Waals surface area contributed by atoms with E-state index in [9.17, 15) is 9.59 Å². The summed E-state index contributed by atoms with van der Waals surface area (Å²) < 4.78 is 0. The van der Waals surface area contributed by atoms with E-state index in [1.54, 1.807) is 4.90 Å². The van der Waals surface area contributed by atoms with Crippen molar-refractivity contribution in [3.05, 3.63) is 35.4 Å². The molecule has 2 saturated heterocycles. The Bertz CT molecular complexity index is 666. The summed E-state index contributed by atoms with van der Waals surface area (Å²) >= 11 is 0. The Kier molecular flexibility index (Phi) is 4.63. The third-order valence-electron chi connectivity index (χ3n) is 6.30. The van der Waals surface area contributed by atoms with E-state index < -0.39 is 5.41 Å². The van der Waals surface area contributed by atoms with Crippen LogP contribution >= 0.6 is 0 Å². The first-order valence-corrected chi connectivity index (χ1v) is 9.86. The van der Waals surface area contributed by atoms with Crippen LogP contribution in [0.25, 0.3) is 0 Å². The SMILES string of the molecule is O=C1CC2(CCCc3ccccc32)C(=O)N1CCCN1CCCCC1. The summed E-state index contributed by atoms with van der Waals surface area (Å²) in [7, 11) is 0. The van der Waals surface area contributed by atoms with Gasteiger partial charge in [0.2, 0.25) is 11.8 Å². The second-order valence-corrected chi connectivity index (χ2v) is 7.88. The third-order valence-corrected chi connectivity index (χ3v) is 6.30. The standard InChI is InChI=1S/C21H28N2O2/c24-19-16-21(11-6-9-17-8-2-3-10-18(17)21)20(25)23(19)15-7-14-22-12-4-1-5-13-22/h2-3,8,10H,1,4-7,9,11-16H2. The van der Waals surface area contributed by atoms with Gasteiger partial charge in [0.1, 0.15) is 0 Å². The van der Waals surface area contributed by atoms with Crippen molar-refractivity contribution in [1.29, 1.82) is 0 Å². The lowest BCUT2D eigenvalue weighted by Gasteiger charge is -2.33. The Hall–Kier alpha value is -1.68. The molecule has 0 radical (unpaired) electrons. The van der Waals surface area contributed by atoms with Crippen LogP contribution in [0.2, 0.25) is 0 Å². The molecule has 2 fully saturated rings. The van der Waals surface area contributed by atoms with Crippen LogP contribution in [0, 0.1) is 0 Å². The van der Waals surface area contributed by atoms with Crippen molar-refractivity contribution < 1.29 is 9.59 Å². The highest BCUT2D eigenvalue weighted by molar-refractivity contribution is 6.09. The van der Waals surface area contributed by atoms with Crippen molar-refractivity contribution in [3.8, 4) is 0 Å². The molecular weight excluding hydrogens is 312 g/mol. The van der Waals surface area contributed by atoms with E-state index in [1.165, 1.54) is 37.9 Å². The maximum absolute atomic E-state index is 13.2. The van der Waals surface area contributed by atoms with E-state index in [1.807, 2.05) is 12.1 Å². The Morgan fingerprint density at radius 2 is 1.76 bits per heavy atom. The number of imide groups is 1. The molecule has 1 unspecified atom stereocenters. The predicted octanol–water partition coefficient (Wildman–Crippen LogP) is 2.90. The van der Waals surface area contributed by atoms with E-state index in [2.05, 4.69) is 17.0 Å². The number of hydrogen-bond acceptors (Lipinski definition) is 3. The van der Waals surface area contributed by atoms with E-state index in [-0.39, 0.29) is 11.8 Å². The van der Waals surface area contributed by atoms with Crippen LogP contribution in [-0.2, 0) is 21.4 Å². The summed E-state index contributed by atoms with van der Waals surface area (Å²) in [4.78, 5) is 29.9. The molecule has 4 nitrogen and oxygen atoms in total. The molecule has 134 valence electrons. The summed E-state index contributed by atoms with van der Waals surface area (Å²) in [5.74, 6) is 0.0867. The van der Waals surface area contributed by atoms with Crippen molar-refractivity contribution in [2.75, 3.05) is 26.2 Å². The lowest BCUT2D eigenvalue weighted by atomic mass is 9.69.